The minimum atomic E-state index is -0.419. The molecule has 0 unspecified atom stereocenters. The Bertz CT molecular complexity index is 854. The van der Waals surface area contributed by atoms with Crippen molar-refractivity contribution >= 4 is 23.5 Å². The number of hydrogen-bond acceptors (Lipinski definition) is 4. The highest BCUT2D eigenvalue weighted by molar-refractivity contribution is 6.31. The van der Waals surface area contributed by atoms with Gasteiger partial charge in [0.25, 0.3) is 0 Å². The fraction of sp³-hybridized carbons (Fsp3) is 0.200. The van der Waals surface area contributed by atoms with Crippen molar-refractivity contribution in [1.29, 1.82) is 0 Å². The number of nitrogens with one attached hydrogen (secondary N) is 1. The first-order valence-corrected chi connectivity index (χ1v) is 7.50. The van der Waals surface area contributed by atoms with E-state index in [1.807, 2.05) is 6.92 Å². The van der Waals surface area contributed by atoms with Crippen LogP contribution in [0.4, 0.5) is 10.3 Å². The molecule has 0 saturated carbocycles. The normalized spacial score (nSPS) is 10.8. The summed E-state index contributed by atoms with van der Waals surface area (Å²) < 4.78 is 16.7. The van der Waals surface area contributed by atoms with Crippen LogP contribution in [-0.4, -0.2) is 30.5 Å². The second-order valence-electron chi connectivity index (χ2n) is 5.23. The Kier molecular flexibility index (Phi) is 4.57. The standard InChI is InChI=1S/C15H14ClFN6O/c1-10-5-19-22(6-10)8-14(24)20-15-18-9-23(21-15)7-11-12(16)3-2-4-13(11)17/h2-6,9H,7-8H2,1H3,(H,20,21,24). The smallest absolute Gasteiger partial charge is 0.248 e. The molecule has 124 valence electrons. The number of carbonyl (C=O) groups is 1. The van der Waals surface area contributed by atoms with Gasteiger partial charge < -0.3 is 0 Å². The van der Waals surface area contributed by atoms with Crippen molar-refractivity contribution in [3.05, 3.63) is 58.9 Å². The number of hydrogen-bond donors (Lipinski definition) is 1. The van der Waals surface area contributed by atoms with Crippen molar-refractivity contribution in [2.75, 3.05) is 5.32 Å². The molecule has 7 nitrogen and oxygen atoms in total. The van der Waals surface area contributed by atoms with Crippen molar-refractivity contribution in [3.63, 3.8) is 0 Å². The van der Waals surface area contributed by atoms with Crippen LogP contribution in [0.15, 0.2) is 36.9 Å². The molecule has 0 atom stereocenters. The summed E-state index contributed by atoms with van der Waals surface area (Å²) in [5.74, 6) is -0.589. The average molecular weight is 349 g/mol. The quantitative estimate of drug-likeness (QED) is 0.767. The van der Waals surface area contributed by atoms with Crippen LogP contribution in [0.25, 0.3) is 0 Å². The van der Waals surface area contributed by atoms with Crippen LogP contribution < -0.4 is 5.32 Å². The van der Waals surface area contributed by atoms with E-state index in [1.54, 1.807) is 18.5 Å². The zero-order valence-electron chi connectivity index (χ0n) is 12.8. The Morgan fingerprint density at radius 2 is 2.21 bits per heavy atom. The Morgan fingerprint density at radius 1 is 1.38 bits per heavy atom. The lowest BCUT2D eigenvalue weighted by Gasteiger charge is -2.05. The largest absolute Gasteiger partial charge is 0.292 e. The van der Waals surface area contributed by atoms with Gasteiger partial charge in [0, 0.05) is 16.8 Å². The molecule has 9 heteroatoms. The SMILES string of the molecule is Cc1cnn(CC(=O)Nc2ncn(Cc3c(F)cccc3Cl)n2)c1. The lowest BCUT2D eigenvalue weighted by atomic mass is 10.2. The summed E-state index contributed by atoms with van der Waals surface area (Å²) >= 11 is 5.98. The summed E-state index contributed by atoms with van der Waals surface area (Å²) in [6.45, 7) is 2.06. The lowest BCUT2D eigenvalue weighted by Crippen LogP contribution is -2.20. The zero-order valence-corrected chi connectivity index (χ0v) is 13.5. The second kappa shape index (κ2) is 6.79. The number of aryl methyl sites for hydroxylation is 1. The molecular formula is C15H14ClFN6O. The zero-order chi connectivity index (χ0) is 17.1. The van der Waals surface area contributed by atoms with Crippen molar-refractivity contribution in [1.82, 2.24) is 24.5 Å². The van der Waals surface area contributed by atoms with Crippen LogP contribution >= 0.6 is 11.6 Å². The molecular weight excluding hydrogens is 335 g/mol. The van der Waals surface area contributed by atoms with Gasteiger partial charge in [-0.15, -0.1) is 5.10 Å². The Labute approximate surface area is 142 Å². The molecule has 2 aromatic heterocycles. The maximum atomic E-state index is 13.8. The number of amides is 1. The molecule has 0 saturated heterocycles. The molecule has 1 amide bonds. The van der Waals surface area contributed by atoms with E-state index in [4.69, 9.17) is 11.6 Å². The van der Waals surface area contributed by atoms with E-state index in [0.717, 1.165) is 5.56 Å². The maximum Gasteiger partial charge on any atom is 0.248 e. The molecule has 0 aliphatic heterocycles. The van der Waals surface area contributed by atoms with Crippen LogP contribution in [-0.2, 0) is 17.9 Å². The van der Waals surface area contributed by atoms with E-state index in [2.05, 4.69) is 20.5 Å². The molecule has 0 spiro atoms. The number of anilines is 1. The van der Waals surface area contributed by atoms with Gasteiger partial charge >= 0.3 is 0 Å². The minimum absolute atomic E-state index is 0.0571. The highest BCUT2D eigenvalue weighted by atomic mass is 35.5. The number of aromatic nitrogens is 5. The predicted molar refractivity (Wildman–Crippen MR) is 86.1 cm³/mol. The molecule has 3 aromatic rings. The third-order valence-corrected chi connectivity index (χ3v) is 3.59. The van der Waals surface area contributed by atoms with E-state index in [9.17, 15) is 9.18 Å². The van der Waals surface area contributed by atoms with Gasteiger partial charge in [-0.2, -0.15) is 5.10 Å². The van der Waals surface area contributed by atoms with Gasteiger partial charge in [0.1, 0.15) is 18.7 Å². The van der Waals surface area contributed by atoms with Gasteiger partial charge in [0.2, 0.25) is 11.9 Å². The maximum absolute atomic E-state index is 13.8. The van der Waals surface area contributed by atoms with Crippen LogP contribution in [0.2, 0.25) is 5.02 Å². The Hall–Kier alpha value is -2.74. The van der Waals surface area contributed by atoms with E-state index >= 15 is 0 Å². The fourth-order valence-corrected chi connectivity index (χ4v) is 2.36. The number of rotatable bonds is 5. The fourth-order valence-electron chi connectivity index (χ4n) is 2.14. The Morgan fingerprint density at radius 3 is 2.92 bits per heavy atom. The van der Waals surface area contributed by atoms with Crippen LogP contribution in [0.5, 0.6) is 0 Å². The van der Waals surface area contributed by atoms with Crippen molar-refractivity contribution in [3.8, 4) is 0 Å². The summed E-state index contributed by atoms with van der Waals surface area (Å²) in [6, 6.07) is 4.46. The first kappa shape index (κ1) is 16.1. The summed E-state index contributed by atoms with van der Waals surface area (Å²) in [7, 11) is 0. The third kappa shape index (κ3) is 3.77. The predicted octanol–water partition coefficient (Wildman–Crippen LogP) is 2.26. The van der Waals surface area contributed by atoms with Gasteiger partial charge in [0.05, 0.1) is 12.7 Å². The van der Waals surface area contributed by atoms with E-state index in [0.29, 0.717) is 10.6 Å². The minimum Gasteiger partial charge on any atom is -0.292 e. The summed E-state index contributed by atoms with van der Waals surface area (Å²) in [5.41, 5.74) is 1.28. The molecule has 0 fully saturated rings. The average Bonchev–Trinajstić information content (AvgIpc) is 3.12. The summed E-state index contributed by atoms with van der Waals surface area (Å²) in [6.07, 6.45) is 4.82. The first-order chi connectivity index (χ1) is 11.5. The monoisotopic (exact) mass is 348 g/mol. The van der Waals surface area contributed by atoms with Gasteiger partial charge in [0.15, 0.2) is 0 Å². The number of nitrogens with zero attached hydrogens (tertiary/aromatic N) is 5. The van der Waals surface area contributed by atoms with Crippen molar-refractivity contribution in [2.24, 2.45) is 0 Å². The second-order valence-corrected chi connectivity index (χ2v) is 5.64. The molecule has 0 aliphatic rings. The highest BCUT2D eigenvalue weighted by Gasteiger charge is 2.11. The molecule has 1 aromatic carbocycles. The number of halogens is 2. The molecule has 1 N–H and O–H groups in total. The van der Waals surface area contributed by atoms with Crippen LogP contribution in [0.1, 0.15) is 11.1 Å². The molecule has 0 aliphatic carbocycles. The van der Waals surface area contributed by atoms with Gasteiger partial charge in [-0.3, -0.25) is 14.8 Å². The number of benzene rings is 1. The first-order valence-electron chi connectivity index (χ1n) is 7.12. The van der Waals surface area contributed by atoms with Gasteiger partial charge in [-0.25, -0.2) is 14.1 Å². The number of carbonyl (C=O) groups excluding carboxylic acids is 1. The van der Waals surface area contributed by atoms with E-state index < -0.39 is 5.82 Å². The molecule has 0 bridgehead atoms. The summed E-state index contributed by atoms with van der Waals surface area (Å²) in [5, 5.41) is 11.0. The third-order valence-electron chi connectivity index (χ3n) is 3.24. The topological polar surface area (TPSA) is 77.6 Å². The van der Waals surface area contributed by atoms with Crippen LogP contribution in [0.3, 0.4) is 0 Å². The van der Waals surface area contributed by atoms with E-state index in [1.165, 1.54) is 27.8 Å². The van der Waals surface area contributed by atoms with Gasteiger partial charge in [-0.05, 0) is 24.6 Å². The molecule has 0 radical (unpaired) electrons. The van der Waals surface area contributed by atoms with E-state index in [-0.39, 0.29) is 24.9 Å². The lowest BCUT2D eigenvalue weighted by molar-refractivity contribution is -0.116. The highest BCUT2D eigenvalue weighted by Crippen LogP contribution is 2.19. The summed E-state index contributed by atoms with van der Waals surface area (Å²) in [4.78, 5) is 15.9. The molecule has 3 rings (SSSR count). The molecule has 24 heavy (non-hydrogen) atoms. The Balaban J connectivity index is 1.64. The van der Waals surface area contributed by atoms with Gasteiger partial charge in [-0.1, -0.05) is 17.7 Å². The van der Waals surface area contributed by atoms with Crippen molar-refractivity contribution < 1.29 is 9.18 Å². The van der Waals surface area contributed by atoms with Crippen LogP contribution in [0, 0.1) is 12.7 Å². The van der Waals surface area contributed by atoms with Crippen molar-refractivity contribution in [2.45, 2.75) is 20.0 Å². The molecule has 2 heterocycles.